The van der Waals surface area contributed by atoms with E-state index >= 15 is 0 Å². The number of rotatable bonds is 11. The SMILES string of the molecule is CCOCCCNC(=NCc1ccc(OC)cc1)NCCc1nc(C(F)(F)F)cs1. The van der Waals surface area contributed by atoms with E-state index < -0.39 is 11.9 Å². The van der Waals surface area contributed by atoms with Crippen LogP contribution >= 0.6 is 11.3 Å². The number of ether oxygens (including phenoxy) is 2. The van der Waals surface area contributed by atoms with Crippen molar-refractivity contribution in [1.29, 1.82) is 0 Å². The molecule has 0 radical (unpaired) electrons. The van der Waals surface area contributed by atoms with Crippen LogP contribution < -0.4 is 15.4 Å². The molecule has 30 heavy (non-hydrogen) atoms. The third kappa shape index (κ3) is 8.58. The zero-order valence-electron chi connectivity index (χ0n) is 17.1. The molecule has 10 heteroatoms. The highest BCUT2D eigenvalue weighted by Gasteiger charge is 2.33. The van der Waals surface area contributed by atoms with Gasteiger partial charge in [0.1, 0.15) is 5.75 Å². The molecule has 0 amide bonds. The quantitative estimate of drug-likeness (QED) is 0.313. The Bertz CT molecular complexity index is 779. The molecule has 166 valence electrons. The molecule has 0 aliphatic rings. The minimum absolute atomic E-state index is 0.378. The van der Waals surface area contributed by atoms with Crippen LogP contribution in [0.4, 0.5) is 13.2 Å². The van der Waals surface area contributed by atoms with Crippen molar-refractivity contribution in [3.63, 3.8) is 0 Å². The van der Waals surface area contributed by atoms with Gasteiger partial charge in [0.2, 0.25) is 0 Å². The molecule has 2 aromatic rings. The second-order valence-corrected chi connectivity index (χ2v) is 7.23. The first-order valence-electron chi connectivity index (χ1n) is 9.66. The summed E-state index contributed by atoms with van der Waals surface area (Å²) in [6.45, 7) is 4.81. The van der Waals surface area contributed by atoms with Gasteiger partial charge in [0.15, 0.2) is 11.7 Å². The molecule has 0 spiro atoms. The highest BCUT2D eigenvalue weighted by Crippen LogP contribution is 2.30. The van der Waals surface area contributed by atoms with Crippen LogP contribution in [-0.2, 0) is 23.9 Å². The highest BCUT2D eigenvalue weighted by atomic mass is 32.1. The lowest BCUT2D eigenvalue weighted by atomic mass is 10.2. The summed E-state index contributed by atoms with van der Waals surface area (Å²) in [4.78, 5) is 8.21. The molecule has 1 heterocycles. The van der Waals surface area contributed by atoms with Crippen LogP contribution in [0.1, 0.15) is 29.6 Å². The standard InChI is InChI=1S/C20H27F3N4O2S/c1-3-29-12-4-10-24-19(26-13-15-5-7-16(28-2)8-6-15)25-11-9-18-27-17(14-30-18)20(21,22)23/h5-8,14H,3-4,9-13H2,1-2H3,(H2,24,25,26). The van der Waals surface area contributed by atoms with E-state index in [1.165, 1.54) is 0 Å². The minimum Gasteiger partial charge on any atom is -0.497 e. The largest absolute Gasteiger partial charge is 0.497 e. The van der Waals surface area contributed by atoms with Crippen molar-refractivity contribution in [2.24, 2.45) is 4.99 Å². The Morgan fingerprint density at radius 1 is 1.17 bits per heavy atom. The molecule has 1 aromatic carbocycles. The predicted molar refractivity (Wildman–Crippen MR) is 112 cm³/mol. The Hall–Kier alpha value is -2.33. The number of guanidine groups is 1. The van der Waals surface area contributed by atoms with Crippen molar-refractivity contribution < 1.29 is 22.6 Å². The summed E-state index contributed by atoms with van der Waals surface area (Å²) < 4.78 is 48.5. The van der Waals surface area contributed by atoms with Crippen LogP contribution in [0.3, 0.4) is 0 Å². The Balaban J connectivity index is 1.89. The number of hydrogen-bond donors (Lipinski definition) is 2. The lowest BCUT2D eigenvalue weighted by molar-refractivity contribution is -0.140. The Morgan fingerprint density at radius 2 is 1.90 bits per heavy atom. The van der Waals surface area contributed by atoms with E-state index in [-0.39, 0.29) is 0 Å². The lowest BCUT2D eigenvalue weighted by Gasteiger charge is -2.12. The van der Waals surface area contributed by atoms with Crippen molar-refractivity contribution >= 4 is 17.3 Å². The molecule has 0 aliphatic carbocycles. The molecule has 0 bridgehead atoms. The fourth-order valence-electron chi connectivity index (χ4n) is 2.44. The van der Waals surface area contributed by atoms with Gasteiger partial charge in [-0.3, -0.25) is 0 Å². The molecule has 1 aromatic heterocycles. The summed E-state index contributed by atoms with van der Waals surface area (Å²) >= 11 is 1.01. The van der Waals surface area contributed by atoms with Crippen LogP contribution in [0.15, 0.2) is 34.6 Å². The fourth-order valence-corrected chi connectivity index (χ4v) is 3.25. The Morgan fingerprint density at radius 3 is 2.53 bits per heavy atom. The number of aliphatic imine (C=N–C) groups is 1. The maximum Gasteiger partial charge on any atom is 0.434 e. The van der Waals surface area contributed by atoms with E-state index in [0.29, 0.717) is 50.2 Å². The second kappa shape index (κ2) is 12.4. The number of alkyl halides is 3. The minimum atomic E-state index is -4.41. The normalized spacial score (nSPS) is 12.1. The molecule has 0 saturated heterocycles. The van der Waals surface area contributed by atoms with Gasteiger partial charge in [-0.05, 0) is 31.0 Å². The molecule has 2 N–H and O–H groups in total. The summed E-state index contributed by atoms with van der Waals surface area (Å²) in [5.41, 5.74) is 0.172. The van der Waals surface area contributed by atoms with Crippen molar-refractivity contribution in [1.82, 2.24) is 15.6 Å². The number of methoxy groups -OCH3 is 1. The molecular weight excluding hydrogens is 417 g/mol. The van der Waals surface area contributed by atoms with Gasteiger partial charge < -0.3 is 20.1 Å². The van der Waals surface area contributed by atoms with Gasteiger partial charge >= 0.3 is 6.18 Å². The zero-order valence-corrected chi connectivity index (χ0v) is 17.9. The van der Waals surface area contributed by atoms with Crippen LogP contribution in [0.25, 0.3) is 0 Å². The number of benzene rings is 1. The highest BCUT2D eigenvalue weighted by molar-refractivity contribution is 7.09. The van der Waals surface area contributed by atoms with E-state index in [1.807, 2.05) is 31.2 Å². The van der Waals surface area contributed by atoms with Gasteiger partial charge in [-0.15, -0.1) is 11.3 Å². The van der Waals surface area contributed by atoms with Gasteiger partial charge in [-0.1, -0.05) is 12.1 Å². The third-order valence-corrected chi connectivity index (χ3v) is 4.92. The molecule has 6 nitrogen and oxygen atoms in total. The summed E-state index contributed by atoms with van der Waals surface area (Å²) in [6, 6.07) is 7.61. The average molecular weight is 445 g/mol. The van der Waals surface area contributed by atoms with Gasteiger partial charge in [-0.2, -0.15) is 13.2 Å². The van der Waals surface area contributed by atoms with Crippen molar-refractivity contribution in [3.05, 3.63) is 45.9 Å². The Kier molecular flexibility index (Phi) is 9.88. The smallest absolute Gasteiger partial charge is 0.434 e. The number of aromatic nitrogens is 1. The van der Waals surface area contributed by atoms with Crippen LogP contribution in [0.2, 0.25) is 0 Å². The van der Waals surface area contributed by atoms with Crippen molar-refractivity contribution in [2.45, 2.75) is 32.5 Å². The summed E-state index contributed by atoms with van der Waals surface area (Å²) in [7, 11) is 1.61. The number of nitrogens with one attached hydrogen (secondary N) is 2. The first-order valence-corrected chi connectivity index (χ1v) is 10.5. The van der Waals surface area contributed by atoms with Gasteiger partial charge in [0.25, 0.3) is 0 Å². The Labute approximate surface area is 178 Å². The van der Waals surface area contributed by atoms with E-state index in [2.05, 4.69) is 20.6 Å². The van der Waals surface area contributed by atoms with E-state index in [1.54, 1.807) is 7.11 Å². The topological polar surface area (TPSA) is 67.8 Å². The van der Waals surface area contributed by atoms with Gasteiger partial charge in [0, 0.05) is 38.1 Å². The number of halogens is 3. The summed E-state index contributed by atoms with van der Waals surface area (Å²) in [5.74, 6) is 1.37. The number of thiazole rings is 1. The molecular formula is C20H27F3N4O2S. The molecule has 0 fully saturated rings. The van der Waals surface area contributed by atoms with Crippen molar-refractivity contribution in [3.8, 4) is 5.75 Å². The molecule has 2 rings (SSSR count). The maximum absolute atomic E-state index is 12.7. The van der Waals surface area contributed by atoms with Crippen molar-refractivity contribution in [2.75, 3.05) is 33.4 Å². The predicted octanol–water partition coefficient (Wildman–Crippen LogP) is 3.88. The fraction of sp³-hybridized carbons (Fsp3) is 0.500. The lowest BCUT2D eigenvalue weighted by Crippen LogP contribution is -2.39. The van der Waals surface area contributed by atoms with E-state index in [9.17, 15) is 13.2 Å². The van der Waals surface area contributed by atoms with E-state index in [4.69, 9.17) is 9.47 Å². The first-order chi connectivity index (χ1) is 14.4. The molecule has 0 atom stereocenters. The molecule has 0 saturated carbocycles. The summed E-state index contributed by atoms with van der Waals surface area (Å²) in [6.07, 6.45) is -3.21. The van der Waals surface area contributed by atoms with Crippen LogP contribution in [0, 0.1) is 0 Å². The number of nitrogens with zero attached hydrogens (tertiary/aromatic N) is 2. The monoisotopic (exact) mass is 444 g/mol. The molecule has 0 unspecified atom stereocenters. The van der Waals surface area contributed by atoms with Gasteiger partial charge in [-0.25, -0.2) is 9.98 Å². The second-order valence-electron chi connectivity index (χ2n) is 6.29. The maximum atomic E-state index is 12.7. The average Bonchev–Trinajstić information content (AvgIpc) is 3.21. The first kappa shape index (κ1) is 23.9. The number of hydrogen-bond acceptors (Lipinski definition) is 5. The summed E-state index contributed by atoms with van der Waals surface area (Å²) in [5, 5.41) is 7.86. The van der Waals surface area contributed by atoms with E-state index in [0.717, 1.165) is 34.5 Å². The van der Waals surface area contributed by atoms with Gasteiger partial charge in [0.05, 0.1) is 18.7 Å². The third-order valence-electron chi connectivity index (χ3n) is 4.01. The van der Waals surface area contributed by atoms with Crippen LogP contribution in [-0.4, -0.2) is 44.4 Å². The molecule has 0 aliphatic heterocycles. The van der Waals surface area contributed by atoms with Crippen LogP contribution in [0.5, 0.6) is 5.75 Å². The zero-order chi connectivity index (χ0) is 21.8.